The molecule has 0 spiro atoms. The van der Waals surface area contributed by atoms with E-state index in [-0.39, 0.29) is 0 Å². The largest absolute Gasteiger partial charge is 0.548 e. The Labute approximate surface area is 46.9 Å². The lowest BCUT2D eigenvalue weighted by Gasteiger charge is -2.14. The summed E-state index contributed by atoms with van der Waals surface area (Å²) < 4.78 is 0. The molecule has 0 saturated heterocycles. The van der Waals surface area contributed by atoms with Crippen molar-refractivity contribution in [2.24, 2.45) is 5.73 Å². The molecule has 4 heteroatoms. The van der Waals surface area contributed by atoms with Crippen molar-refractivity contribution in [1.29, 1.82) is 0 Å². The molecule has 3 N–H and O–H groups in total. The number of carboxylic acid groups (broad SMARTS) is 1. The van der Waals surface area contributed by atoms with Crippen molar-refractivity contribution in [2.45, 2.75) is 19.1 Å². The number of nitrogens with two attached hydrogens (primary N) is 1. The van der Waals surface area contributed by atoms with Gasteiger partial charge in [-0.05, 0) is 6.92 Å². The van der Waals surface area contributed by atoms with E-state index in [2.05, 4.69) is 0 Å². The summed E-state index contributed by atoms with van der Waals surface area (Å²) in [7, 11) is 0. The lowest BCUT2D eigenvalue weighted by molar-refractivity contribution is -0.309. The minimum atomic E-state index is -1.43. The second-order valence-electron chi connectivity index (χ2n) is 1.59. The fraction of sp³-hybridized carbons (Fsp3) is 0.750. The van der Waals surface area contributed by atoms with Gasteiger partial charge in [-0.15, -0.1) is 0 Å². The molecule has 0 radical (unpaired) electrons. The summed E-state index contributed by atoms with van der Waals surface area (Å²) in [6.45, 7) is 1.29. The molecular formula is C4H8NO3-. The molecule has 0 aliphatic heterocycles. The Hall–Kier alpha value is -0.610. The number of carbonyl (C=O) groups excluding carboxylic acids is 1. The molecule has 0 aromatic heterocycles. The van der Waals surface area contributed by atoms with Gasteiger partial charge >= 0.3 is 0 Å². The van der Waals surface area contributed by atoms with Crippen molar-refractivity contribution in [2.75, 3.05) is 0 Å². The second kappa shape index (κ2) is 2.64. The zero-order chi connectivity index (χ0) is 6.73. The minimum absolute atomic E-state index is 1.04. The lowest BCUT2D eigenvalue weighted by atomic mass is 10.2. The van der Waals surface area contributed by atoms with Crippen molar-refractivity contribution >= 4 is 5.97 Å². The van der Waals surface area contributed by atoms with E-state index in [0.29, 0.717) is 0 Å². The minimum Gasteiger partial charge on any atom is -0.548 e. The Morgan fingerprint density at radius 1 is 1.88 bits per heavy atom. The van der Waals surface area contributed by atoms with Crippen LogP contribution in [0.5, 0.6) is 0 Å². The van der Waals surface area contributed by atoms with Crippen LogP contribution in [-0.4, -0.2) is 23.2 Å². The van der Waals surface area contributed by atoms with Gasteiger partial charge in [0.25, 0.3) is 0 Å². The number of aliphatic carboxylic acids is 1. The Kier molecular flexibility index (Phi) is 2.44. The third-order valence-electron chi connectivity index (χ3n) is 0.792. The van der Waals surface area contributed by atoms with Crippen molar-refractivity contribution in [1.82, 2.24) is 0 Å². The van der Waals surface area contributed by atoms with E-state index in [1.54, 1.807) is 0 Å². The summed E-state index contributed by atoms with van der Waals surface area (Å²) in [6, 6.07) is -1.27. The van der Waals surface area contributed by atoms with E-state index in [1.165, 1.54) is 6.92 Å². The van der Waals surface area contributed by atoms with Crippen LogP contribution < -0.4 is 10.8 Å². The average molecular weight is 118 g/mol. The van der Waals surface area contributed by atoms with Gasteiger partial charge in [-0.25, -0.2) is 0 Å². The predicted octanol–water partition coefficient (Wildman–Crippen LogP) is -2.56. The van der Waals surface area contributed by atoms with E-state index in [4.69, 9.17) is 10.8 Å². The molecule has 0 heterocycles. The van der Waals surface area contributed by atoms with E-state index in [9.17, 15) is 9.90 Å². The van der Waals surface area contributed by atoms with Gasteiger partial charge < -0.3 is 20.7 Å². The summed E-state index contributed by atoms with van der Waals surface area (Å²) in [6.07, 6.45) is -1.04. The maximum absolute atomic E-state index is 9.74. The smallest absolute Gasteiger partial charge is 0.0716 e. The molecule has 0 bridgehead atoms. The second-order valence-corrected chi connectivity index (χ2v) is 1.59. The summed E-state index contributed by atoms with van der Waals surface area (Å²) in [4.78, 5) is 9.74. The molecule has 2 unspecified atom stereocenters. The molecule has 48 valence electrons. The van der Waals surface area contributed by atoms with E-state index < -0.39 is 18.1 Å². The summed E-state index contributed by atoms with van der Waals surface area (Å²) in [5.74, 6) is -1.43. The number of carboxylic acids is 1. The van der Waals surface area contributed by atoms with Gasteiger partial charge in [-0.3, -0.25) is 0 Å². The highest BCUT2D eigenvalue weighted by Gasteiger charge is 2.08. The van der Waals surface area contributed by atoms with Crippen LogP contribution in [-0.2, 0) is 4.79 Å². The SMILES string of the molecule is CC(O)C(N)C(=O)[O-]. The Morgan fingerprint density at radius 2 is 2.25 bits per heavy atom. The Balaban J connectivity index is 3.64. The monoisotopic (exact) mass is 118 g/mol. The highest BCUT2D eigenvalue weighted by atomic mass is 16.4. The molecule has 4 nitrogen and oxygen atoms in total. The molecular weight excluding hydrogens is 110 g/mol. The topological polar surface area (TPSA) is 86.4 Å². The number of aliphatic hydroxyl groups is 1. The van der Waals surface area contributed by atoms with Gasteiger partial charge in [0.05, 0.1) is 18.1 Å². The molecule has 0 amide bonds. The van der Waals surface area contributed by atoms with Crippen molar-refractivity contribution in [3.05, 3.63) is 0 Å². The standard InChI is InChI=1S/C4H9NO3/c1-2(6)3(5)4(7)8/h2-3,6H,5H2,1H3,(H,7,8)/p-1. The predicted molar refractivity (Wildman–Crippen MR) is 24.7 cm³/mol. The number of hydrogen-bond donors (Lipinski definition) is 2. The van der Waals surface area contributed by atoms with Gasteiger partial charge in [0, 0.05) is 0 Å². The molecule has 2 atom stereocenters. The molecule has 0 fully saturated rings. The van der Waals surface area contributed by atoms with Crippen LogP contribution in [0.2, 0.25) is 0 Å². The first kappa shape index (κ1) is 7.39. The maximum Gasteiger partial charge on any atom is 0.0716 e. The number of rotatable bonds is 2. The van der Waals surface area contributed by atoms with Gasteiger partial charge in [0.2, 0.25) is 0 Å². The fourth-order valence-electron chi connectivity index (χ4n) is 0.197. The third-order valence-corrected chi connectivity index (χ3v) is 0.792. The molecule has 0 saturated carbocycles. The highest BCUT2D eigenvalue weighted by molar-refractivity contribution is 5.71. The zero-order valence-corrected chi connectivity index (χ0v) is 4.50. The van der Waals surface area contributed by atoms with Crippen LogP contribution in [0.25, 0.3) is 0 Å². The van der Waals surface area contributed by atoms with E-state index >= 15 is 0 Å². The van der Waals surface area contributed by atoms with E-state index in [0.717, 1.165) is 0 Å². The van der Waals surface area contributed by atoms with Crippen LogP contribution in [0.1, 0.15) is 6.92 Å². The number of hydrogen-bond acceptors (Lipinski definition) is 4. The Morgan fingerprint density at radius 3 is 2.25 bits per heavy atom. The van der Waals surface area contributed by atoms with Crippen molar-refractivity contribution in [3.63, 3.8) is 0 Å². The van der Waals surface area contributed by atoms with Gasteiger partial charge in [0.15, 0.2) is 0 Å². The molecule has 0 rings (SSSR count). The van der Waals surface area contributed by atoms with E-state index in [1.807, 2.05) is 0 Å². The lowest BCUT2D eigenvalue weighted by Crippen LogP contribution is -2.48. The summed E-state index contributed by atoms with van der Waals surface area (Å²) >= 11 is 0. The van der Waals surface area contributed by atoms with Crippen LogP contribution in [0.15, 0.2) is 0 Å². The molecule has 0 aromatic carbocycles. The van der Waals surface area contributed by atoms with Gasteiger partial charge in [-0.1, -0.05) is 0 Å². The van der Waals surface area contributed by atoms with Gasteiger partial charge in [0.1, 0.15) is 0 Å². The number of aliphatic hydroxyl groups excluding tert-OH is 1. The first-order valence-electron chi connectivity index (χ1n) is 2.20. The normalized spacial score (nSPS) is 17.4. The molecule has 0 aromatic rings. The average Bonchev–Trinajstić information content (AvgIpc) is 1.64. The Bertz CT molecular complexity index is 91.3. The first-order chi connectivity index (χ1) is 3.55. The highest BCUT2D eigenvalue weighted by Crippen LogP contribution is 1.83. The summed E-state index contributed by atoms with van der Waals surface area (Å²) in [5.41, 5.74) is 4.85. The molecule has 8 heavy (non-hydrogen) atoms. The molecule has 0 aliphatic carbocycles. The third kappa shape index (κ3) is 1.90. The molecule has 0 aliphatic rings. The van der Waals surface area contributed by atoms with Crippen LogP contribution >= 0.6 is 0 Å². The summed E-state index contributed by atoms with van der Waals surface area (Å²) in [5, 5.41) is 18.2. The fourth-order valence-corrected chi connectivity index (χ4v) is 0.197. The zero-order valence-electron chi connectivity index (χ0n) is 4.50. The van der Waals surface area contributed by atoms with Crippen LogP contribution in [0, 0.1) is 0 Å². The van der Waals surface area contributed by atoms with Crippen molar-refractivity contribution < 1.29 is 15.0 Å². The van der Waals surface area contributed by atoms with Crippen LogP contribution in [0.3, 0.4) is 0 Å². The van der Waals surface area contributed by atoms with Crippen LogP contribution in [0.4, 0.5) is 0 Å². The number of carbonyl (C=O) groups is 1. The maximum atomic E-state index is 9.74. The van der Waals surface area contributed by atoms with Crippen molar-refractivity contribution in [3.8, 4) is 0 Å². The quantitative estimate of drug-likeness (QED) is 0.417. The first-order valence-corrected chi connectivity index (χ1v) is 2.20. The van der Waals surface area contributed by atoms with Gasteiger partial charge in [-0.2, -0.15) is 0 Å².